The zero-order valence-corrected chi connectivity index (χ0v) is 3.58. The van der Waals surface area contributed by atoms with Crippen molar-refractivity contribution in [2.24, 2.45) is 0 Å². The SMILES string of the molecule is [B]C#CC#CC. The molecule has 0 atom stereocenters. The van der Waals surface area contributed by atoms with Crippen molar-refractivity contribution in [3.63, 3.8) is 0 Å². The monoisotopic (exact) mass is 74.0 g/mol. The number of hydrogen-bond acceptors (Lipinski definition) is 0. The standard InChI is InChI=1S/C5H3B/c1-2-3-4-5-6/h1H3. The van der Waals surface area contributed by atoms with Crippen LogP contribution in [0.15, 0.2) is 0 Å². The fourth-order valence-corrected chi connectivity index (χ4v) is 0.0986. The van der Waals surface area contributed by atoms with E-state index in [0.29, 0.717) is 0 Å². The third-order valence-electron chi connectivity index (χ3n) is 0.260. The van der Waals surface area contributed by atoms with Crippen LogP contribution in [0.2, 0.25) is 0 Å². The van der Waals surface area contributed by atoms with E-state index in [4.69, 9.17) is 7.85 Å². The van der Waals surface area contributed by atoms with Gasteiger partial charge in [0, 0.05) is 0 Å². The molecule has 0 amide bonds. The lowest BCUT2D eigenvalue weighted by atomic mass is 10.2. The summed E-state index contributed by atoms with van der Waals surface area (Å²) in [6.45, 7) is 1.71. The maximum atomic E-state index is 4.75. The van der Waals surface area contributed by atoms with Crippen LogP contribution < -0.4 is 0 Å². The molecule has 0 aliphatic rings. The average molecular weight is 73.9 g/mol. The largest absolute Gasteiger partial charge is 0.189 e. The Kier molecular flexibility index (Phi) is 3.62. The minimum Gasteiger partial charge on any atom is -0.158 e. The summed E-state index contributed by atoms with van der Waals surface area (Å²) in [5, 5.41) is 0. The maximum Gasteiger partial charge on any atom is 0.189 e. The lowest BCUT2D eigenvalue weighted by molar-refractivity contribution is 1.92. The summed E-state index contributed by atoms with van der Waals surface area (Å²) < 4.78 is 0. The van der Waals surface area contributed by atoms with Gasteiger partial charge in [-0.3, -0.25) is 0 Å². The molecule has 0 spiro atoms. The van der Waals surface area contributed by atoms with Gasteiger partial charge >= 0.3 is 0 Å². The highest BCUT2D eigenvalue weighted by atomic mass is 13.4. The van der Waals surface area contributed by atoms with Gasteiger partial charge in [-0.2, -0.15) is 5.82 Å². The van der Waals surface area contributed by atoms with Crippen molar-refractivity contribution >= 4 is 7.85 Å². The first-order valence-electron chi connectivity index (χ1n) is 1.54. The van der Waals surface area contributed by atoms with Crippen LogP contribution >= 0.6 is 0 Å². The normalized spacial score (nSPS) is 3.50. The first-order valence-corrected chi connectivity index (χ1v) is 1.54. The molecule has 0 bridgehead atoms. The van der Waals surface area contributed by atoms with Crippen LogP contribution in [0.3, 0.4) is 0 Å². The zero-order valence-electron chi connectivity index (χ0n) is 3.58. The molecular weight excluding hydrogens is 70.9 g/mol. The molecule has 0 fully saturated rings. The summed E-state index contributed by atoms with van der Waals surface area (Å²) in [6.07, 6.45) is 0. The first kappa shape index (κ1) is 5.18. The Morgan fingerprint density at radius 3 is 2.17 bits per heavy atom. The molecule has 0 aromatic heterocycles. The smallest absolute Gasteiger partial charge is 0.158 e. The molecule has 0 saturated carbocycles. The third kappa shape index (κ3) is 3.18. The Labute approximate surface area is 39.3 Å². The predicted molar refractivity (Wildman–Crippen MR) is 27.0 cm³/mol. The molecule has 0 N–H and O–H groups in total. The molecule has 1 heteroatoms. The van der Waals surface area contributed by atoms with Crippen molar-refractivity contribution in [2.75, 3.05) is 0 Å². The average Bonchev–Trinajstić information content (AvgIpc) is 1.61. The van der Waals surface area contributed by atoms with Crippen molar-refractivity contribution < 1.29 is 0 Å². The Morgan fingerprint density at radius 2 is 2.00 bits per heavy atom. The maximum absolute atomic E-state index is 4.75. The second kappa shape index (κ2) is 4.18. The topological polar surface area (TPSA) is 0 Å². The third-order valence-corrected chi connectivity index (χ3v) is 0.260. The Balaban J connectivity index is 3.43. The van der Waals surface area contributed by atoms with Crippen LogP contribution in [-0.4, -0.2) is 7.85 Å². The molecule has 0 rings (SSSR count). The van der Waals surface area contributed by atoms with Gasteiger partial charge in [0.2, 0.25) is 0 Å². The van der Waals surface area contributed by atoms with Crippen LogP contribution in [0, 0.1) is 23.6 Å². The zero-order chi connectivity index (χ0) is 4.83. The lowest BCUT2D eigenvalue weighted by Gasteiger charge is -1.48. The molecule has 0 aromatic carbocycles. The van der Waals surface area contributed by atoms with Gasteiger partial charge in [-0.05, 0) is 18.8 Å². The van der Waals surface area contributed by atoms with Crippen molar-refractivity contribution in [2.45, 2.75) is 6.92 Å². The Bertz CT molecular complexity index is 107. The molecular formula is C5H3B. The second-order valence-electron chi connectivity index (χ2n) is 0.644. The Morgan fingerprint density at radius 1 is 1.33 bits per heavy atom. The molecule has 0 saturated heterocycles. The van der Waals surface area contributed by atoms with E-state index in [1.807, 2.05) is 0 Å². The molecule has 6 heavy (non-hydrogen) atoms. The van der Waals surface area contributed by atoms with Crippen molar-refractivity contribution in [1.82, 2.24) is 0 Å². The molecule has 0 nitrogen and oxygen atoms in total. The summed E-state index contributed by atoms with van der Waals surface area (Å²) in [5.74, 6) is 9.54. The highest BCUT2D eigenvalue weighted by molar-refractivity contribution is 6.22. The summed E-state index contributed by atoms with van der Waals surface area (Å²) in [6, 6.07) is 0. The van der Waals surface area contributed by atoms with Gasteiger partial charge in [0.1, 0.15) is 0 Å². The van der Waals surface area contributed by atoms with Gasteiger partial charge in [-0.1, -0.05) is 5.92 Å². The predicted octanol–water partition coefficient (Wildman–Crippen LogP) is 0.139. The minimum atomic E-state index is 1.71. The molecule has 0 heterocycles. The molecule has 0 aliphatic carbocycles. The van der Waals surface area contributed by atoms with Gasteiger partial charge in [0.05, 0.1) is 0 Å². The van der Waals surface area contributed by atoms with Crippen molar-refractivity contribution in [3.05, 3.63) is 0 Å². The summed E-state index contributed by atoms with van der Waals surface area (Å²) in [4.78, 5) is 0. The van der Waals surface area contributed by atoms with Gasteiger partial charge < -0.3 is 0 Å². The Hall–Kier alpha value is -0.815. The van der Waals surface area contributed by atoms with E-state index in [1.165, 1.54) is 0 Å². The van der Waals surface area contributed by atoms with Gasteiger partial charge in [-0.25, -0.2) is 0 Å². The number of rotatable bonds is 0. The lowest BCUT2D eigenvalue weighted by Crippen LogP contribution is -1.48. The molecule has 26 valence electrons. The highest BCUT2D eigenvalue weighted by Crippen LogP contribution is 1.44. The van der Waals surface area contributed by atoms with Gasteiger partial charge in [0.25, 0.3) is 0 Å². The molecule has 0 aromatic rings. The van der Waals surface area contributed by atoms with Crippen LogP contribution in [0.5, 0.6) is 0 Å². The van der Waals surface area contributed by atoms with E-state index in [9.17, 15) is 0 Å². The fraction of sp³-hybridized carbons (Fsp3) is 0.200. The van der Waals surface area contributed by atoms with Crippen LogP contribution in [0.4, 0.5) is 0 Å². The van der Waals surface area contributed by atoms with Crippen LogP contribution in [-0.2, 0) is 0 Å². The quantitative estimate of drug-likeness (QED) is 0.283. The molecule has 2 radical (unpaired) electrons. The van der Waals surface area contributed by atoms with E-state index < -0.39 is 0 Å². The summed E-state index contributed by atoms with van der Waals surface area (Å²) >= 11 is 0. The summed E-state index contributed by atoms with van der Waals surface area (Å²) in [5.41, 5.74) is 0. The van der Waals surface area contributed by atoms with Gasteiger partial charge in [-0.15, -0.1) is 0 Å². The van der Waals surface area contributed by atoms with E-state index >= 15 is 0 Å². The second-order valence-corrected chi connectivity index (χ2v) is 0.644. The van der Waals surface area contributed by atoms with Crippen LogP contribution in [0.25, 0.3) is 0 Å². The molecule has 0 aliphatic heterocycles. The van der Waals surface area contributed by atoms with Crippen molar-refractivity contribution in [1.29, 1.82) is 0 Å². The van der Waals surface area contributed by atoms with Crippen LogP contribution in [0.1, 0.15) is 6.92 Å². The van der Waals surface area contributed by atoms with Crippen molar-refractivity contribution in [3.8, 4) is 23.6 Å². The van der Waals surface area contributed by atoms with E-state index in [2.05, 4.69) is 23.6 Å². The van der Waals surface area contributed by atoms with E-state index in [-0.39, 0.29) is 0 Å². The van der Waals surface area contributed by atoms with E-state index in [1.54, 1.807) is 6.92 Å². The fourth-order valence-electron chi connectivity index (χ4n) is 0.0986. The van der Waals surface area contributed by atoms with Gasteiger partial charge in [0.15, 0.2) is 7.85 Å². The first-order chi connectivity index (χ1) is 2.91. The minimum absolute atomic E-state index is 1.71. The number of hydrogen-bond donors (Lipinski definition) is 0. The van der Waals surface area contributed by atoms with E-state index in [0.717, 1.165) is 0 Å². The highest BCUT2D eigenvalue weighted by Gasteiger charge is 1.41. The summed E-state index contributed by atoms with van der Waals surface area (Å²) in [7, 11) is 4.75. The molecule has 0 unspecified atom stereocenters.